The molecule has 0 saturated carbocycles. The van der Waals surface area contributed by atoms with E-state index in [2.05, 4.69) is 9.98 Å². The van der Waals surface area contributed by atoms with Crippen molar-refractivity contribution in [1.82, 2.24) is 9.88 Å². The molecule has 1 aromatic carbocycles. The maximum atomic E-state index is 13.1. The van der Waals surface area contributed by atoms with Crippen LogP contribution in [0.2, 0.25) is 0 Å². The number of halogens is 1. The molecular weight excluding hydrogens is 345 g/mol. The first kappa shape index (κ1) is 16.9. The average molecular weight is 361 g/mol. The lowest BCUT2D eigenvalue weighted by Crippen LogP contribution is -2.28. The minimum absolute atomic E-state index is 0.0728. The van der Waals surface area contributed by atoms with Gasteiger partial charge in [-0.2, -0.15) is 4.99 Å². The molecule has 1 fully saturated rings. The fourth-order valence-corrected chi connectivity index (χ4v) is 4.13. The normalized spacial score (nSPS) is 18.6. The summed E-state index contributed by atoms with van der Waals surface area (Å²) in [7, 11) is 0. The number of benzene rings is 1. The molecule has 0 spiro atoms. The first-order valence-electron chi connectivity index (χ1n) is 7.47. The number of aromatic nitrogens is 1. The van der Waals surface area contributed by atoms with Gasteiger partial charge < -0.3 is 0 Å². The first-order valence-corrected chi connectivity index (χ1v) is 9.16. The van der Waals surface area contributed by atoms with E-state index >= 15 is 0 Å². The van der Waals surface area contributed by atoms with Crippen LogP contribution >= 0.6 is 23.1 Å². The maximum absolute atomic E-state index is 13.1. The van der Waals surface area contributed by atoms with E-state index in [9.17, 15) is 9.18 Å². The number of aliphatic imine (C=N–C) groups is 1. The summed E-state index contributed by atoms with van der Waals surface area (Å²) in [4.78, 5) is 23.8. The zero-order chi connectivity index (χ0) is 17.3. The molecule has 0 N–H and O–H groups in total. The van der Waals surface area contributed by atoms with Crippen molar-refractivity contribution in [2.45, 2.75) is 20.8 Å². The van der Waals surface area contributed by atoms with E-state index in [1.54, 1.807) is 17.0 Å². The van der Waals surface area contributed by atoms with E-state index in [0.29, 0.717) is 21.7 Å². The van der Waals surface area contributed by atoms with Gasteiger partial charge in [0.25, 0.3) is 5.91 Å². The zero-order valence-electron chi connectivity index (χ0n) is 13.5. The second-order valence-electron chi connectivity index (χ2n) is 5.28. The highest BCUT2D eigenvalue weighted by Crippen LogP contribution is 2.37. The van der Waals surface area contributed by atoms with Crippen molar-refractivity contribution in [2.24, 2.45) is 4.99 Å². The topological polar surface area (TPSA) is 45.6 Å². The van der Waals surface area contributed by atoms with Gasteiger partial charge in [-0.05, 0) is 55.8 Å². The number of aryl methyl sites for hydroxylation is 1. The third-order valence-corrected chi connectivity index (χ3v) is 5.63. The highest BCUT2D eigenvalue weighted by molar-refractivity contribution is 8.18. The Morgan fingerprint density at radius 3 is 2.62 bits per heavy atom. The molecule has 1 amide bonds. The van der Waals surface area contributed by atoms with Crippen LogP contribution in [0.1, 0.15) is 25.1 Å². The molecule has 0 bridgehead atoms. The Morgan fingerprint density at radius 2 is 2.04 bits per heavy atom. The van der Waals surface area contributed by atoms with E-state index in [1.807, 2.05) is 26.2 Å². The molecule has 1 aromatic heterocycles. The van der Waals surface area contributed by atoms with Gasteiger partial charge in [0.15, 0.2) is 5.17 Å². The fraction of sp³-hybridized carbons (Fsp3) is 0.235. The monoisotopic (exact) mass is 361 g/mol. The Bertz CT molecular complexity index is 840. The van der Waals surface area contributed by atoms with Gasteiger partial charge in [0, 0.05) is 11.9 Å². The highest BCUT2D eigenvalue weighted by atomic mass is 32.2. The van der Waals surface area contributed by atoms with Gasteiger partial charge in [-0.3, -0.25) is 9.69 Å². The molecule has 3 rings (SSSR count). The Balaban J connectivity index is 1.98. The van der Waals surface area contributed by atoms with Crippen LogP contribution in [0.25, 0.3) is 5.57 Å². The smallest absolute Gasteiger partial charge is 0.267 e. The summed E-state index contributed by atoms with van der Waals surface area (Å²) in [5.41, 5.74) is 2.56. The summed E-state index contributed by atoms with van der Waals surface area (Å²) >= 11 is 2.79. The van der Waals surface area contributed by atoms with E-state index in [-0.39, 0.29) is 11.7 Å². The lowest BCUT2D eigenvalue weighted by molar-refractivity contribution is -0.122. The zero-order valence-corrected chi connectivity index (χ0v) is 15.2. The molecule has 1 aliphatic heterocycles. The van der Waals surface area contributed by atoms with Gasteiger partial charge in [0.05, 0.1) is 10.6 Å². The van der Waals surface area contributed by atoms with Crippen LogP contribution < -0.4 is 0 Å². The standard InChI is InChI=1S/C17H16FN3OS2/c1-4-21-15(22)14(11(3)12-5-7-13(18)8-6-12)24-17(21)20-16-19-10(2)9-23-16/h5-9H,4H2,1-3H3/b14-11-,20-17+. The number of thioether (sulfide) groups is 1. The summed E-state index contributed by atoms with van der Waals surface area (Å²) in [6, 6.07) is 6.16. The van der Waals surface area contributed by atoms with Crippen molar-refractivity contribution < 1.29 is 9.18 Å². The number of amidine groups is 1. The maximum Gasteiger partial charge on any atom is 0.267 e. The molecule has 2 aromatic rings. The molecule has 0 atom stereocenters. The van der Waals surface area contributed by atoms with Crippen LogP contribution in [0, 0.1) is 12.7 Å². The predicted molar refractivity (Wildman–Crippen MR) is 97.9 cm³/mol. The molecule has 2 heterocycles. The lowest BCUT2D eigenvalue weighted by Gasteiger charge is -2.11. The number of hydrogen-bond acceptors (Lipinski definition) is 5. The van der Waals surface area contributed by atoms with E-state index in [1.165, 1.54) is 35.2 Å². The van der Waals surface area contributed by atoms with E-state index in [0.717, 1.165) is 16.8 Å². The second kappa shape index (κ2) is 6.86. The molecule has 0 radical (unpaired) electrons. The van der Waals surface area contributed by atoms with Gasteiger partial charge in [-0.25, -0.2) is 9.37 Å². The molecule has 1 aliphatic rings. The molecule has 24 heavy (non-hydrogen) atoms. The van der Waals surface area contributed by atoms with Crippen LogP contribution in [0.5, 0.6) is 0 Å². The van der Waals surface area contributed by atoms with Crippen molar-refractivity contribution in [1.29, 1.82) is 0 Å². The van der Waals surface area contributed by atoms with Crippen LogP contribution in [0.15, 0.2) is 39.5 Å². The van der Waals surface area contributed by atoms with Gasteiger partial charge in [-0.15, -0.1) is 11.3 Å². The van der Waals surface area contributed by atoms with Crippen molar-refractivity contribution in [3.8, 4) is 0 Å². The molecule has 1 saturated heterocycles. The fourth-order valence-electron chi connectivity index (χ4n) is 2.30. The van der Waals surface area contributed by atoms with Crippen molar-refractivity contribution in [3.63, 3.8) is 0 Å². The number of likely N-dealkylation sites (N-methyl/N-ethyl adjacent to an activating group) is 1. The van der Waals surface area contributed by atoms with E-state index in [4.69, 9.17) is 0 Å². The number of amides is 1. The minimum atomic E-state index is -0.293. The number of carbonyl (C=O) groups is 1. The molecular formula is C17H16FN3OS2. The van der Waals surface area contributed by atoms with Crippen LogP contribution in [0.3, 0.4) is 0 Å². The number of carbonyl (C=O) groups excluding carboxylic acids is 1. The van der Waals surface area contributed by atoms with Gasteiger partial charge in [0.1, 0.15) is 5.82 Å². The van der Waals surface area contributed by atoms with Crippen LogP contribution in [-0.2, 0) is 4.79 Å². The predicted octanol–water partition coefficient (Wildman–Crippen LogP) is 4.60. The Kier molecular flexibility index (Phi) is 4.82. The largest absolute Gasteiger partial charge is 0.287 e. The third kappa shape index (κ3) is 3.27. The van der Waals surface area contributed by atoms with Crippen LogP contribution in [0.4, 0.5) is 9.52 Å². The van der Waals surface area contributed by atoms with Crippen molar-refractivity contribution >= 4 is 44.9 Å². The number of allylic oxidation sites excluding steroid dienone is 1. The summed E-state index contributed by atoms with van der Waals surface area (Å²) in [5, 5.41) is 3.20. The molecule has 0 unspecified atom stereocenters. The van der Waals surface area contributed by atoms with Gasteiger partial charge >= 0.3 is 0 Å². The molecule has 0 aliphatic carbocycles. The summed E-state index contributed by atoms with van der Waals surface area (Å²) in [6.45, 7) is 6.24. The van der Waals surface area contributed by atoms with Gasteiger partial charge in [0.2, 0.25) is 5.13 Å². The number of nitrogens with zero attached hydrogens (tertiary/aromatic N) is 3. The van der Waals surface area contributed by atoms with Crippen LogP contribution in [-0.4, -0.2) is 27.5 Å². The summed E-state index contributed by atoms with van der Waals surface area (Å²) in [6.07, 6.45) is 0. The minimum Gasteiger partial charge on any atom is -0.287 e. The quantitative estimate of drug-likeness (QED) is 0.750. The number of rotatable bonds is 3. The number of hydrogen-bond donors (Lipinski definition) is 0. The van der Waals surface area contributed by atoms with E-state index < -0.39 is 0 Å². The SMILES string of the molecule is CCN1C(=O)/C(=C(\C)c2ccc(F)cc2)S/C1=N/c1nc(C)cs1. The average Bonchev–Trinajstić information content (AvgIpc) is 3.11. The summed E-state index contributed by atoms with van der Waals surface area (Å²) < 4.78 is 13.1. The van der Waals surface area contributed by atoms with Crippen molar-refractivity contribution in [2.75, 3.05) is 6.54 Å². The molecule has 7 heteroatoms. The second-order valence-corrected chi connectivity index (χ2v) is 7.09. The van der Waals surface area contributed by atoms with Gasteiger partial charge in [-0.1, -0.05) is 12.1 Å². The Labute approximate surface area is 148 Å². The first-order chi connectivity index (χ1) is 11.5. The Hall–Kier alpha value is -1.99. The number of thiazole rings is 1. The Morgan fingerprint density at radius 1 is 1.33 bits per heavy atom. The molecule has 4 nitrogen and oxygen atoms in total. The lowest BCUT2D eigenvalue weighted by atomic mass is 10.1. The van der Waals surface area contributed by atoms with Crippen molar-refractivity contribution in [3.05, 3.63) is 51.6 Å². The third-order valence-electron chi connectivity index (χ3n) is 3.60. The molecule has 124 valence electrons. The highest BCUT2D eigenvalue weighted by Gasteiger charge is 2.34. The summed E-state index contributed by atoms with van der Waals surface area (Å²) in [5.74, 6) is -0.366.